The van der Waals surface area contributed by atoms with Crippen molar-refractivity contribution < 1.29 is 4.92 Å². The Labute approximate surface area is 176 Å². The van der Waals surface area contributed by atoms with Gasteiger partial charge in [0.15, 0.2) is 0 Å². The number of aryl methyl sites for hydroxylation is 2. The minimum atomic E-state index is -0.414. The molecule has 9 heteroatoms. The molecule has 0 saturated carbocycles. The molecule has 8 nitrogen and oxygen atoms in total. The fourth-order valence-corrected chi connectivity index (χ4v) is 5.57. The molecule has 1 saturated heterocycles. The fourth-order valence-electron chi connectivity index (χ4n) is 4.35. The highest BCUT2D eigenvalue weighted by Crippen LogP contribution is 2.33. The van der Waals surface area contributed by atoms with Crippen LogP contribution in [0.1, 0.15) is 41.7 Å². The number of aromatic nitrogens is 2. The Balaban J connectivity index is 1.57. The molecule has 1 aromatic carbocycles. The quantitative estimate of drug-likeness (QED) is 0.362. The Morgan fingerprint density at radius 2 is 1.97 bits per heavy atom. The average molecular weight is 423 g/mol. The van der Waals surface area contributed by atoms with Crippen molar-refractivity contribution in [1.82, 2.24) is 9.66 Å². The molecule has 0 amide bonds. The normalized spacial score (nSPS) is 16.5. The number of nitrogens with zero attached hydrogens (tertiary/aromatic N) is 5. The van der Waals surface area contributed by atoms with Gasteiger partial charge in [-0.2, -0.15) is 9.78 Å². The molecule has 2 aliphatic rings. The van der Waals surface area contributed by atoms with E-state index in [-0.39, 0.29) is 11.2 Å². The number of non-ortho nitro benzene ring substituents is 1. The molecule has 0 radical (unpaired) electrons. The smallest absolute Gasteiger partial charge is 0.282 e. The lowest BCUT2D eigenvalue weighted by Crippen LogP contribution is -2.20. The van der Waals surface area contributed by atoms with Gasteiger partial charge in [0.2, 0.25) is 0 Å². The Kier molecular flexibility index (Phi) is 4.82. The highest BCUT2D eigenvalue weighted by atomic mass is 32.1. The van der Waals surface area contributed by atoms with Crippen LogP contribution in [0.2, 0.25) is 0 Å². The average Bonchev–Trinajstić information content (AvgIpc) is 3.41. The van der Waals surface area contributed by atoms with E-state index in [0.717, 1.165) is 67.7 Å². The third-order valence-electron chi connectivity index (χ3n) is 5.85. The molecule has 154 valence electrons. The van der Waals surface area contributed by atoms with Crippen LogP contribution in [0, 0.1) is 10.1 Å². The van der Waals surface area contributed by atoms with Crippen molar-refractivity contribution in [1.29, 1.82) is 0 Å². The van der Waals surface area contributed by atoms with Gasteiger partial charge < -0.3 is 4.90 Å². The number of nitro benzene ring substituents is 1. The molecule has 0 unspecified atom stereocenters. The molecule has 1 fully saturated rings. The number of benzene rings is 1. The van der Waals surface area contributed by atoms with E-state index in [2.05, 4.69) is 15.0 Å². The zero-order chi connectivity index (χ0) is 20.7. The number of thiophene rings is 1. The van der Waals surface area contributed by atoms with E-state index < -0.39 is 4.92 Å². The maximum Gasteiger partial charge on any atom is 0.282 e. The summed E-state index contributed by atoms with van der Waals surface area (Å²) in [6, 6.07) is 4.80. The van der Waals surface area contributed by atoms with Gasteiger partial charge in [-0.3, -0.25) is 14.9 Å². The van der Waals surface area contributed by atoms with Crippen LogP contribution in [-0.4, -0.2) is 33.9 Å². The zero-order valence-electron chi connectivity index (χ0n) is 16.4. The Bertz CT molecular complexity index is 1220. The summed E-state index contributed by atoms with van der Waals surface area (Å²) in [5, 5.41) is 16.3. The van der Waals surface area contributed by atoms with Crippen LogP contribution >= 0.6 is 11.3 Å². The summed E-state index contributed by atoms with van der Waals surface area (Å²) in [5.74, 6) is 0. The van der Waals surface area contributed by atoms with Gasteiger partial charge in [0.25, 0.3) is 11.2 Å². The molecule has 2 aromatic heterocycles. The first-order valence-electron chi connectivity index (χ1n) is 10.2. The number of hydrogen-bond acceptors (Lipinski definition) is 7. The van der Waals surface area contributed by atoms with E-state index in [1.54, 1.807) is 17.4 Å². The number of fused-ring (bicyclic) bond motifs is 3. The lowest BCUT2D eigenvalue weighted by atomic mass is 9.97. The van der Waals surface area contributed by atoms with Crippen LogP contribution in [0.15, 0.2) is 34.4 Å². The lowest BCUT2D eigenvalue weighted by Gasteiger charge is -2.19. The van der Waals surface area contributed by atoms with Gasteiger partial charge in [0, 0.05) is 41.4 Å². The minimum absolute atomic E-state index is 0.00669. The summed E-state index contributed by atoms with van der Waals surface area (Å²) in [5.41, 5.74) is 2.48. The van der Waals surface area contributed by atoms with E-state index in [1.807, 2.05) is 0 Å². The molecule has 0 atom stereocenters. The first-order valence-corrected chi connectivity index (χ1v) is 11.0. The lowest BCUT2D eigenvalue weighted by molar-refractivity contribution is -0.384. The van der Waals surface area contributed by atoms with Crippen LogP contribution in [-0.2, 0) is 12.8 Å². The second-order valence-corrected chi connectivity index (χ2v) is 8.81. The van der Waals surface area contributed by atoms with E-state index in [1.165, 1.54) is 34.2 Å². The summed E-state index contributed by atoms with van der Waals surface area (Å²) >= 11 is 1.60. The minimum Gasteiger partial charge on any atom is -0.371 e. The molecule has 0 bridgehead atoms. The molecular weight excluding hydrogens is 402 g/mol. The summed E-state index contributed by atoms with van der Waals surface area (Å²) < 4.78 is 1.25. The van der Waals surface area contributed by atoms with Gasteiger partial charge >= 0.3 is 0 Å². The maximum absolute atomic E-state index is 13.1. The van der Waals surface area contributed by atoms with Crippen LogP contribution < -0.4 is 10.5 Å². The number of hydrogen-bond donors (Lipinski definition) is 0. The molecule has 30 heavy (non-hydrogen) atoms. The SMILES string of the molecule is O=c1c2c3c(sc2ncn1N=Cc1cc([N+](=O)[O-])ccc1N1CCCC1)CCCC3. The predicted octanol–water partition coefficient (Wildman–Crippen LogP) is 3.73. The first-order chi connectivity index (χ1) is 14.6. The van der Waals surface area contributed by atoms with Crippen molar-refractivity contribution in [2.45, 2.75) is 38.5 Å². The summed E-state index contributed by atoms with van der Waals surface area (Å²) in [6.07, 6.45) is 9.32. The van der Waals surface area contributed by atoms with Crippen molar-refractivity contribution >= 4 is 39.1 Å². The Morgan fingerprint density at radius 3 is 2.77 bits per heavy atom. The van der Waals surface area contributed by atoms with Crippen molar-refractivity contribution in [3.05, 3.63) is 61.0 Å². The predicted molar refractivity (Wildman–Crippen MR) is 118 cm³/mol. The fraction of sp³-hybridized carbons (Fsp3) is 0.381. The third-order valence-corrected chi connectivity index (χ3v) is 7.05. The van der Waals surface area contributed by atoms with Crippen molar-refractivity contribution in [3.8, 4) is 0 Å². The second kappa shape index (κ2) is 7.64. The number of rotatable bonds is 4. The second-order valence-electron chi connectivity index (χ2n) is 7.72. The van der Waals surface area contributed by atoms with Crippen molar-refractivity contribution in [2.75, 3.05) is 18.0 Å². The molecule has 5 rings (SSSR count). The molecule has 3 heterocycles. The number of nitro groups is 1. The standard InChI is InChI=1S/C21H21N5O3S/c27-21-19-16-5-1-2-6-18(16)30-20(19)22-13-25(21)23-12-14-11-15(26(28)29)7-8-17(14)24-9-3-4-10-24/h7-8,11-13H,1-6,9-10H2. The summed E-state index contributed by atoms with van der Waals surface area (Å²) in [4.78, 5) is 32.6. The van der Waals surface area contributed by atoms with E-state index >= 15 is 0 Å². The van der Waals surface area contributed by atoms with Gasteiger partial charge in [-0.25, -0.2) is 4.98 Å². The van der Waals surface area contributed by atoms with Crippen LogP contribution in [0.3, 0.4) is 0 Å². The van der Waals surface area contributed by atoms with E-state index in [4.69, 9.17) is 0 Å². The summed E-state index contributed by atoms with van der Waals surface area (Å²) in [6.45, 7) is 1.82. The molecule has 0 spiro atoms. The van der Waals surface area contributed by atoms with Crippen LogP contribution in [0.5, 0.6) is 0 Å². The molecule has 1 aliphatic heterocycles. The molecule has 1 aliphatic carbocycles. The van der Waals surface area contributed by atoms with Gasteiger partial charge in [0.1, 0.15) is 11.2 Å². The topological polar surface area (TPSA) is 93.6 Å². The van der Waals surface area contributed by atoms with Crippen molar-refractivity contribution in [3.63, 3.8) is 0 Å². The largest absolute Gasteiger partial charge is 0.371 e. The molecule has 0 N–H and O–H groups in total. The van der Waals surface area contributed by atoms with Gasteiger partial charge in [-0.05, 0) is 50.2 Å². The Morgan fingerprint density at radius 1 is 1.17 bits per heavy atom. The maximum atomic E-state index is 13.1. The van der Waals surface area contributed by atoms with E-state index in [9.17, 15) is 14.9 Å². The van der Waals surface area contributed by atoms with Gasteiger partial charge in [-0.1, -0.05) is 0 Å². The van der Waals surface area contributed by atoms with Crippen molar-refractivity contribution in [2.24, 2.45) is 5.10 Å². The van der Waals surface area contributed by atoms with Crippen LogP contribution in [0.4, 0.5) is 11.4 Å². The zero-order valence-corrected chi connectivity index (χ0v) is 17.2. The molecular formula is C21H21N5O3S. The number of anilines is 1. The van der Waals surface area contributed by atoms with E-state index in [0.29, 0.717) is 10.9 Å². The van der Waals surface area contributed by atoms with Gasteiger partial charge in [0.05, 0.1) is 16.5 Å². The highest BCUT2D eigenvalue weighted by molar-refractivity contribution is 7.18. The highest BCUT2D eigenvalue weighted by Gasteiger charge is 2.21. The monoisotopic (exact) mass is 423 g/mol. The summed E-state index contributed by atoms with van der Waals surface area (Å²) in [7, 11) is 0. The first kappa shape index (κ1) is 18.9. The third kappa shape index (κ3) is 3.28. The molecule has 3 aromatic rings. The van der Waals surface area contributed by atoms with Gasteiger partial charge in [-0.15, -0.1) is 11.3 Å². The van der Waals surface area contributed by atoms with Crippen LogP contribution in [0.25, 0.3) is 10.2 Å². The Hall–Kier alpha value is -3.07.